The van der Waals surface area contributed by atoms with Gasteiger partial charge in [-0.1, -0.05) is 32.0 Å². The second-order valence-electron chi connectivity index (χ2n) is 5.25. The predicted molar refractivity (Wildman–Crippen MR) is 83.3 cm³/mol. The lowest BCUT2D eigenvalue weighted by Crippen LogP contribution is -2.55. The minimum absolute atomic E-state index is 0.108. The smallest absolute Gasteiger partial charge is 0.305 e. The Morgan fingerprint density at radius 2 is 1.81 bits per heavy atom. The summed E-state index contributed by atoms with van der Waals surface area (Å²) >= 11 is 0. The molecule has 0 aromatic heterocycles. The van der Waals surface area contributed by atoms with E-state index in [1.165, 1.54) is 4.90 Å². The van der Waals surface area contributed by atoms with E-state index in [1.54, 1.807) is 0 Å². The molecule has 0 saturated heterocycles. The number of anilines is 1. The number of carboxylic acids is 1. The third-order valence-corrected chi connectivity index (χ3v) is 3.89. The summed E-state index contributed by atoms with van der Waals surface area (Å²) < 4.78 is 0. The molecule has 5 nitrogen and oxygen atoms in total. The van der Waals surface area contributed by atoms with E-state index in [0.29, 0.717) is 12.8 Å². The van der Waals surface area contributed by atoms with Crippen LogP contribution in [0.3, 0.4) is 0 Å². The molecule has 21 heavy (non-hydrogen) atoms. The van der Waals surface area contributed by atoms with E-state index in [1.807, 2.05) is 45.0 Å². The van der Waals surface area contributed by atoms with Crippen molar-refractivity contribution in [1.82, 2.24) is 0 Å². The summed E-state index contributed by atoms with van der Waals surface area (Å²) in [5, 5.41) is 8.91. The van der Waals surface area contributed by atoms with E-state index in [-0.39, 0.29) is 18.9 Å². The summed E-state index contributed by atoms with van der Waals surface area (Å²) in [4.78, 5) is 25.2. The highest BCUT2D eigenvalue weighted by Gasteiger charge is 2.35. The van der Waals surface area contributed by atoms with Crippen molar-refractivity contribution >= 4 is 17.6 Å². The van der Waals surface area contributed by atoms with Crippen molar-refractivity contribution in [3.8, 4) is 0 Å². The molecule has 1 rings (SSSR count). The first-order chi connectivity index (χ1) is 9.85. The van der Waals surface area contributed by atoms with Crippen LogP contribution in [0.25, 0.3) is 0 Å². The highest BCUT2D eigenvalue weighted by Crippen LogP contribution is 2.24. The average molecular weight is 292 g/mol. The number of nitrogens with zero attached hydrogens (tertiary/aromatic N) is 1. The number of benzene rings is 1. The van der Waals surface area contributed by atoms with Gasteiger partial charge in [-0.15, -0.1) is 0 Å². The normalized spacial score (nSPS) is 11.2. The number of carbonyl (C=O) groups is 2. The van der Waals surface area contributed by atoms with Gasteiger partial charge in [0.25, 0.3) is 0 Å². The molecule has 0 spiro atoms. The Morgan fingerprint density at radius 3 is 2.29 bits per heavy atom. The number of aliphatic carboxylic acids is 1. The molecule has 0 fully saturated rings. The van der Waals surface area contributed by atoms with Crippen molar-refractivity contribution in [2.24, 2.45) is 5.73 Å². The molecular formula is C16H24N2O3. The molecule has 0 aliphatic heterocycles. The molecule has 0 radical (unpaired) electrons. The molecule has 1 aromatic rings. The molecule has 1 amide bonds. The zero-order chi connectivity index (χ0) is 16.0. The summed E-state index contributed by atoms with van der Waals surface area (Å²) in [5.74, 6) is -1.15. The molecule has 0 unspecified atom stereocenters. The van der Waals surface area contributed by atoms with Gasteiger partial charge in [0.2, 0.25) is 5.91 Å². The second-order valence-corrected chi connectivity index (χ2v) is 5.25. The molecule has 0 atom stereocenters. The number of aryl methyl sites for hydroxylation is 1. The maximum absolute atomic E-state index is 12.8. The lowest BCUT2D eigenvalue weighted by atomic mass is 9.92. The van der Waals surface area contributed by atoms with Crippen LogP contribution in [-0.2, 0) is 9.59 Å². The third kappa shape index (κ3) is 4.04. The van der Waals surface area contributed by atoms with E-state index in [0.717, 1.165) is 11.3 Å². The van der Waals surface area contributed by atoms with Gasteiger partial charge in [0.15, 0.2) is 0 Å². The van der Waals surface area contributed by atoms with Crippen molar-refractivity contribution in [2.45, 2.75) is 45.6 Å². The minimum Gasteiger partial charge on any atom is -0.481 e. The van der Waals surface area contributed by atoms with Gasteiger partial charge in [-0.2, -0.15) is 0 Å². The van der Waals surface area contributed by atoms with Crippen LogP contribution in [0, 0.1) is 6.92 Å². The van der Waals surface area contributed by atoms with Crippen molar-refractivity contribution in [3.63, 3.8) is 0 Å². The van der Waals surface area contributed by atoms with Crippen LogP contribution in [0.2, 0.25) is 0 Å². The number of hydrogen-bond acceptors (Lipinski definition) is 3. The Balaban J connectivity index is 3.17. The largest absolute Gasteiger partial charge is 0.481 e. The number of para-hydroxylation sites is 1. The van der Waals surface area contributed by atoms with Gasteiger partial charge in [-0.3, -0.25) is 9.59 Å². The van der Waals surface area contributed by atoms with E-state index in [2.05, 4.69) is 0 Å². The maximum atomic E-state index is 12.8. The van der Waals surface area contributed by atoms with Crippen LogP contribution in [0.4, 0.5) is 5.69 Å². The van der Waals surface area contributed by atoms with Crippen molar-refractivity contribution < 1.29 is 14.7 Å². The summed E-state index contributed by atoms with van der Waals surface area (Å²) in [6.07, 6.45) is 0.916. The van der Waals surface area contributed by atoms with Crippen LogP contribution in [-0.4, -0.2) is 29.1 Å². The number of carbonyl (C=O) groups excluding carboxylic acids is 1. The summed E-state index contributed by atoms with van der Waals surface area (Å²) in [5.41, 5.74) is 6.88. The Labute approximate surface area is 125 Å². The second kappa shape index (κ2) is 7.22. The van der Waals surface area contributed by atoms with Crippen LogP contribution in [0.15, 0.2) is 24.3 Å². The molecule has 116 valence electrons. The zero-order valence-electron chi connectivity index (χ0n) is 12.9. The summed E-state index contributed by atoms with van der Waals surface area (Å²) in [6, 6.07) is 7.43. The Kier molecular flexibility index (Phi) is 5.90. The minimum atomic E-state index is -0.958. The van der Waals surface area contributed by atoms with Gasteiger partial charge in [-0.25, -0.2) is 0 Å². The summed E-state index contributed by atoms with van der Waals surface area (Å²) in [7, 11) is 0. The van der Waals surface area contributed by atoms with Gasteiger partial charge in [0, 0.05) is 12.2 Å². The lowest BCUT2D eigenvalue weighted by Gasteiger charge is -2.33. The topological polar surface area (TPSA) is 83.6 Å². The number of hydrogen-bond donors (Lipinski definition) is 2. The monoisotopic (exact) mass is 292 g/mol. The van der Waals surface area contributed by atoms with E-state index in [4.69, 9.17) is 10.8 Å². The average Bonchev–Trinajstić information content (AvgIpc) is 2.47. The van der Waals surface area contributed by atoms with Crippen LogP contribution in [0.1, 0.15) is 38.7 Å². The molecule has 5 heteroatoms. The molecule has 0 aliphatic rings. The van der Waals surface area contributed by atoms with Crippen LogP contribution < -0.4 is 10.6 Å². The van der Waals surface area contributed by atoms with E-state index in [9.17, 15) is 9.59 Å². The molecular weight excluding hydrogens is 268 g/mol. The Hall–Kier alpha value is -1.88. The number of nitrogens with two attached hydrogens (primary N) is 1. The highest BCUT2D eigenvalue weighted by molar-refractivity contribution is 6.00. The fraction of sp³-hybridized carbons (Fsp3) is 0.500. The van der Waals surface area contributed by atoms with Crippen molar-refractivity contribution in [2.75, 3.05) is 11.4 Å². The van der Waals surface area contributed by atoms with Gasteiger partial charge in [0.05, 0.1) is 12.0 Å². The van der Waals surface area contributed by atoms with Gasteiger partial charge in [0.1, 0.15) is 0 Å². The summed E-state index contributed by atoms with van der Waals surface area (Å²) in [6.45, 7) is 5.76. The first kappa shape index (κ1) is 17.2. The zero-order valence-corrected chi connectivity index (χ0v) is 12.9. The van der Waals surface area contributed by atoms with E-state index >= 15 is 0 Å². The molecule has 0 aliphatic carbocycles. The van der Waals surface area contributed by atoms with Gasteiger partial charge in [-0.05, 0) is 31.4 Å². The van der Waals surface area contributed by atoms with Crippen molar-refractivity contribution in [1.29, 1.82) is 0 Å². The molecule has 0 heterocycles. The predicted octanol–water partition coefficient (Wildman–Crippen LogP) is 2.32. The highest BCUT2D eigenvalue weighted by atomic mass is 16.4. The van der Waals surface area contributed by atoms with Crippen LogP contribution >= 0.6 is 0 Å². The SMILES string of the molecule is CCC(N)(CC)C(=O)N(CCC(=O)O)c1ccccc1C. The standard InChI is InChI=1S/C16H24N2O3/c1-4-16(17,5-2)15(21)18(11-10-14(19)20)13-9-7-6-8-12(13)3/h6-9H,4-5,10-11,17H2,1-3H3,(H,19,20). The fourth-order valence-corrected chi connectivity index (χ4v) is 2.23. The van der Waals surface area contributed by atoms with Crippen LogP contribution in [0.5, 0.6) is 0 Å². The quantitative estimate of drug-likeness (QED) is 0.808. The van der Waals surface area contributed by atoms with Crippen molar-refractivity contribution in [3.05, 3.63) is 29.8 Å². The molecule has 3 N–H and O–H groups in total. The fourth-order valence-electron chi connectivity index (χ4n) is 2.23. The van der Waals surface area contributed by atoms with Gasteiger partial charge < -0.3 is 15.7 Å². The Morgan fingerprint density at radius 1 is 1.24 bits per heavy atom. The molecule has 0 bridgehead atoms. The molecule has 1 aromatic carbocycles. The lowest BCUT2D eigenvalue weighted by molar-refractivity contribution is -0.136. The first-order valence-electron chi connectivity index (χ1n) is 7.24. The maximum Gasteiger partial charge on any atom is 0.305 e. The van der Waals surface area contributed by atoms with E-state index < -0.39 is 11.5 Å². The third-order valence-electron chi connectivity index (χ3n) is 3.89. The number of rotatable bonds is 7. The number of amides is 1. The first-order valence-corrected chi connectivity index (χ1v) is 7.24. The van der Waals surface area contributed by atoms with Gasteiger partial charge >= 0.3 is 5.97 Å². The number of carboxylic acid groups (broad SMARTS) is 1. The Bertz CT molecular complexity index is 510. The molecule has 0 saturated carbocycles.